The number of benzene rings is 2. The third-order valence-corrected chi connectivity index (χ3v) is 5.04. The third-order valence-electron chi connectivity index (χ3n) is 3.69. The smallest absolute Gasteiger partial charge is 0.212 e. The van der Waals surface area contributed by atoms with E-state index in [1.165, 1.54) is 5.56 Å². The van der Waals surface area contributed by atoms with Crippen LogP contribution in [0.25, 0.3) is 0 Å². The van der Waals surface area contributed by atoms with Gasteiger partial charge in [0.25, 0.3) is 0 Å². The minimum atomic E-state index is -3.37. The number of hydrogen-bond acceptors (Lipinski definition) is 2. The van der Waals surface area contributed by atoms with Gasteiger partial charge in [0.1, 0.15) is 0 Å². The zero-order valence-electron chi connectivity index (χ0n) is 13.3. The highest BCUT2D eigenvalue weighted by Gasteiger charge is 2.18. The van der Waals surface area contributed by atoms with Gasteiger partial charge in [0, 0.05) is 6.04 Å². The summed E-state index contributed by atoms with van der Waals surface area (Å²) in [5.74, 6) is 0.00956. The van der Waals surface area contributed by atoms with Crippen LogP contribution in [0.5, 0.6) is 0 Å². The fraction of sp³-hybridized carbons (Fsp3) is 0.333. The Labute approximate surface area is 133 Å². The largest absolute Gasteiger partial charge is 0.216 e. The molecule has 2 rings (SSSR count). The van der Waals surface area contributed by atoms with Gasteiger partial charge in [-0.15, -0.1) is 0 Å². The summed E-state index contributed by atoms with van der Waals surface area (Å²) >= 11 is 0. The average Bonchev–Trinajstić information content (AvgIpc) is 2.48. The summed E-state index contributed by atoms with van der Waals surface area (Å²) in [5.41, 5.74) is 4.10. The molecule has 0 amide bonds. The Hall–Kier alpha value is -1.65. The van der Waals surface area contributed by atoms with Crippen LogP contribution in [0.4, 0.5) is 0 Å². The molecule has 0 aliphatic heterocycles. The topological polar surface area (TPSA) is 46.2 Å². The van der Waals surface area contributed by atoms with Gasteiger partial charge in [-0.2, -0.15) is 0 Å². The molecular weight excluding hydrogens is 294 g/mol. The first-order valence-electron chi connectivity index (χ1n) is 7.52. The van der Waals surface area contributed by atoms with E-state index in [4.69, 9.17) is 0 Å². The minimum Gasteiger partial charge on any atom is -0.212 e. The zero-order chi connectivity index (χ0) is 16.2. The fourth-order valence-corrected chi connectivity index (χ4v) is 3.80. The normalized spacial score (nSPS) is 13.0. The van der Waals surface area contributed by atoms with Gasteiger partial charge < -0.3 is 0 Å². The van der Waals surface area contributed by atoms with Gasteiger partial charge in [-0.25, -0.2) is 13.1 Å². The third kappa shape index (κ3) is 4.68. The zero-order valence-corrected chi connectivity index (χ0v) is 14.2. The van der Waals surface area contributed by atoms with Gasteiger partial charge in [0.05, 0.1) is 5.75 Å². The van der Waals surface area contributed by atoms with Crippen LogP contribution >= 0.6 is 0 Å². The molecule has 0 fully saturated rings. The maximum Gasteiger partial charge on any atom is 0.216 e. The lowest BCUT2D eigenvalue weighted by Gasteiger charge is -2.18. The molecule has 0 radical (unpaired) electrons. The van der Waals surface area contributed by atoms with Crippen molar-refractivity contribution in [3.05, 3.63) is 70.8 Å². The Morgan fingerprint density at radius 1 is 0.909 bits per heavy atom. The van der Waals surface area contributed by atoms with Crippen LogP contribution < -0.4 is 4.72 Å². The van der Waals surface area contributed by atoms with Crippen molar-refractivity contribution in [1.82, 2.24) is 4.72 Å². The predicted octanol–water partition coefficient (Wildman–Crippen LogP) is 3.87. The monoisotopic (exact) mass is 317 g/mol. The molecule has 0 heterocycles. The summed E-state index contributed by atoms with van der Waals surface area (Å²) in [4.78, 5) is 0. The molecule has 2 aromatic carbocycles. The minimum absolute atomic E-state index is 0.00956. The van der Waals surface area contributed by atoms with Crippen LogP contribution in [-0.4, -0.2) is 8.42 Å². The van der Waals surface area contributed by atoms with E-state index in [1.54, 1.807) is 0 Å². The number of sulfonamides is 1. The molecule has 0 aliphatic rings. The predicted molar refractivity (Wildman–Crippen MR) is 91.1 cm³/mol. The Balaban J connectivity index is 2.11. The highest BCUT2D eigenvalue weighted by atomic mass is 32.2. The summed E-state index contributed by atoms with van der Waals surface area (Å²) in [6.45, 7) is 5.99. The lowest BCUT2D eigenvalue weighted by molar-refractivity contribution is 0.549. The quantitative estimate of drug-likeness (QED) is 0.879. The molecule has 0 saturated heterocycles. The van der Waals surface area contributed by atoms with Gasteiger partial charge >= 0.3 is 0 Å². The van der Waals surface area contributed by atoms with Gasteiger partial charge in [-0.3, -0.25) is 0 Å². The first-order chi connectivity index (χ1) is 10.4. The molecule has 118 valence electrons. The second-order valence-electron chi connectivity index (χ2n) is 5.73. The SMILES string of the molecule is CC[C@@H](NS(=O)(=O)Cc1ccc(C)cc1)c1ccc(C)cc1. The molecule has 0 aromatic heterocycles. The lowest BCUT2D eigenvalue weighted by Crippen LogP contribution is -2.29. The first-order valence-corrected chi connectivity index (χ1v) is 9.17. The standard InChI is InChI=1S/C18H23NO2S/c1-4-18(17-11-7-15(3)8-12-17)19-22(20,21)13-16-9-5-14(2)6-10-16/h5-12,18-19H,4,13H2,1-3H3/t18-/m1/s1. The molecular formula is C18H23NO2S. The Kier molecular flexibility index (Phi) is 5.37. The van der Waals surface area contributed by atoms with Gasteiger partial charge in [0.2, 0.25) is 10.0 Å². The van der Waals surface area contributed by atoms with E-state index in [1.807, 2.05) is 69.3 Å². The van der Waals surface area contributed by atoms with Crippen molar-refractivity contribution in [3.63, 3.8) is 0 Å². The first kappa shape index (κ1) is 16.7. The van der Waals surface area contributed by atoms with Crippen LogP contribution in [0.3, 0.4) is 0 Å². The highest BCUT2D eigenvalue weighted by Crippen LogP contribution is 2.19. The van der Waals surface area contributed by atoms with E-state index in [9.17, 15) is 8.42 Å². The average molecular weight is 317 g/mol. The molecule has 4 heteroatoms. The lowest BCUT2D eigenvalue weighted by atomic mass is 10.0. The molecule has 1 N–H and O–H groups in total. The number of aryl methyl sites for hydroxylation is 2. The molecule has 0 spiro atoms. The van der Waals surface area contributed by atoms with Crippen LogP contribution in [-0.2, 0) is 15.8 Å². The maximum atomic E-state index is 12.4. The summed E-state index contributed by atoms with van der Waals surface area (Å²) in [6, 6.07) is 15.4. The van der Waals surface area contributed by atoms with E-state index < -0.39 is 10.0 Å². The number of rotatable bonds is 6. The Morgan fingerprint density at radius 3 is 1.91 bits per heavy atom. The van der Waals surface area contributed by atoms with Crippen LogP contribution in [0.15, 0.2) is 48.5 Å². The second kappa shape index (κ2) is 7.07. The van der Waals surface area contributed by atoms with Crippen molar-refractivity contribution in [2.75, 3.05) is 0 Å². The van der Waals surface area contributed by atoms with E-state index >= 15 is 0 Å². The summed E-state index contributed by atoms with van der Waals surface area (Å²) in [6.07, 6.45) is 0.718. The van der Waals surface area contributed by atoms with Crippen LogP contribution in [0.2, 0.25) is 0 Å². The molecule has 2 aromatic rings. The van der Waals surface area contributed by atoms with Crippen molar-refractivity contribution in [2.45, 2.75) is 39.0 Å². The van der Waals surface area contributed by atoms with Crippen molar-refractivity contribution >= 4 is 10.0 Å². The second-order valence-corrected chi connectivity index (χ2v) is 7.49. The van der Waals surface area contributed by atoms with E-state index in [-0.39, 0.29) is 11.8 Å². The van der Waals surface area contributed by atoms with Crippen molar-refractivity contribution in [3.8, 4) is 0 Å². The number of hydrogen-bond donors (Lipinski definition) is 1. The molecule has 0 aliphatic carbocycles. The van der Waals surface area contributed by atoms with Crippen LogP contribution in [0.1, 0.15) is 41.6 Å². The molecule has 22 heavy (non-hydrogen) atoms. The Bertz CT molecular complexity index is 704. The number of nitrogens with one attached hydrogen (secondary N) is 1. The molecule has 0 saturated carbocycles. The fourth-order valence-electron chi connectivity index (χ4n) is 2.35. The summed E-state index contributed by atoms with van der Waals surface area (Å²) in [5, 5.41) is 0. The summed E-state index contributed by atoms with van der Waals surface area (Å²) in [7, 11) is -3.37. The molecule has 0 unspecified atom stereocenters. The van der Waals surface area contributed by atoms with Crippen molar-refractivity contribution < 1.29 is 8.42 Å². The maximum absolute atomic E-state index is 12.4. The highest BCUT2D eigenvalue weighted by molar-refractivity contribution is 7.88. The molecule has 3 nitrogen and oxygen atoms in total. The van der Waals surface area contributed by atoms with Gasteiger partial charge in [-0.05, 0) is 31.4 Å². The van der Waals surface area contributed by atoms with Crippen LogP contribution in [0, 0.1) is 13.8 Å². The van der Waals surface area contributed by atoms with Gasteiger partial charge in [-0.1, -0.05) is 66.6 Å². The van der Waals surface area contributed by atoms with Gasteiger partial charge in [0.15, 0.2) is 0 Å². The van der Waals surface area contributed by atoms with E-state index in [2.05, 4.69) is 4.72 Å². The molecule has 1 atom stereocenters. The molecule has 0 bridgehead atoms. The van der Waals surface area contributed by atoms with E-state index in [0.29, 0.717) is 0 Å². The summed E-state index contributed by atoms with van der Waals surface area (Å²) < 4.78 is 27.6. The Morgan fingerprint density at radius 2 is 1.41 bits per heavy atom. The van der Waals surface area contributed by atoms with E-state index in [0.717, 1.165) is 23.1 Å². The van der Waals surface area contributed by atoms with Crippen molar-refractivity contribution in [1.29, 1.82) is 0 Å². The van der Waals surface area contributed by atoms with Crippen molar-refractivity contribution in [2.24, 2.45) is 0 Å².